The predicted molar refractivity (Wildman–Crippen MR) is 59.8 cm³/mol. The fraction of sp³-hybridized carbons (Fsp3) is 0.500. The topological polar surface area (TPSA) is 22.1 Å². The van der Waals surface area contributed by atoms with Crippen LogP contribution in [0.4, 0.5) is 0 Å². The average molecular weight is 289 g/mol. The number of halogens is 1. The Morgan fingerprint density at radius 2 is 2.23 bits per heavy atom. The zero-order valence-electron chi connectivity index (χ0n) is 7.53. The van der Waals surface area contributed by atoms with Crippen LogP contribution in [-0.4, -0.2) is 11.1 Å². The molecule has 2 rings (SSSR count). The van der Waals surface area contributed by atoms with Gasteiger partial charge in [-0.15, -0.1) is 0 Å². The molecule has 0 spiro atoms. The number of pyridine rings is 1. The lowest BCUT2D eigenvalue weighted by atomic mass is 9.84. The number of nitrogens with zero attached hydrogens (tertiary/aromatic N) is 1. The molecule has 70 valence electrons. The summed E-state index contributed by atoms with van der Waals surface area (Å²) >= 11 is 2.24. The van der Waals surface area contributed by atoms with Gasteiger partial charge in [-0.25, -0.2) is 4.98 Å². The number of rotatable bonds is 2. The molecular weight excluding hydrogens is 277 g/mol. The molecule has 1 fully saturated rings. The summed E-state index contributed by atoms with van der Waals surface area (Å²) in [5.41, 5.74) is 0. The molecule has 0 bridgehead atoms. The van der Waals surface area contributed by atoms with Gasteiger partial charge in [-0.1, -0.05) is 6.92 Å². The molecule has 1 aliphatic rings. The Kier molecular flexibility index (Phi) is 2.71. The van der Waals surface area contributed by atoms with Gasteiger partial charge in [-0.2, -0.15) is 0 Å². The first-order valence-corrected chi connectivity index (χ1v) is 5.60. The first-order chi connectivity index (χ1) is 6.24. The number of hydrogen-bond acceptors (Lipinski definition) is 2. The van der Waals surface area contributed by atoms with Crippen LogP contribution in [0.25, 0.3) is 0 Å². The maximum atomic E-state index is 5.66. The van der Waals surface area contributed by atoms with Gasteiger partial charge in [-0.3, -0.25) is 0 Å². The maximum absolute atomic E-state index is 5.66. The highest BCUT2D eigenvalue weighted by molar-refractivity contribution is 14.1. The largest absolute Gasteiger partial charge is 0.474 e. The molecule has 0 radical (unpaired) electrons. The molecule has 0 amide bonds. The highest BCUT2D eigenvalue weighted by Crippen LogP contribution is 2.29. The van der Waals surface area contributed by atoms with Crippen LogP contribution < -0.4 is 4.74 Å². The van der Waals surface area contributed by atoms with E-state index in [-0.39, 0.29) is 0 Å². The number of hydrogen-bond donors (Lipinski definition) is 0. The molecule has 2 nitrogen and oxygen atoms in total. The molecular formula is C10H12INO. The zero-order valence-corrected chi connectivity index (χ0v) is 9.69. The second-order valence-corrected chi connectivity index (χ2v) is 4.88. The molecule has 13 heavy (non-hydrogen) atoms. The van der Waals surface area contributed by atoms with Crippen molar-refractivity contribution in [3.05, 3.63) is 21.9 Å². The van der Waals surface area contributed by atoms with Crippen molar-refractivity contribution in [2.24, 2.45) is 5.92 Å². The van der Waals surface area contributed by atoms with E-state index in [4.69, 9.17) is 4.74 Å². The van der Waals surface area contributed by atoms with Crippen LogP contribution in [0.3, 0.4) is 0 Å². The fourth-order valence-corrected chi connectivity index (χ4v) is 1.85. The molecule has 0 N–H and O–H groups in total. The van der Waals surface area contributed by atoms with Crippen molar-refractivity contribution in [1.29, 1.82) is 0 Å². The molecule has 1 aliphatic carbocycles. The Bertz CT molecular complexity index is 279. The van der Waals surface area contributed by atoms with Crippen LogP contribution in [-0.2, 0) is 0 Å². The Labute approximate surface area is 91.8 Å². The van der Waals surface area contributed by atoms with Crippen LogP contribution >= 0.6 is 22.6 Å². The van der Waals surface area contributed by atoms with Crippen LogP contribution in [0.2, 0.25) is 0 Å². The van der Waals surface area contributed by atoms with E-state index in [0.29, 0.717) is 6.10 Å². The maximum Gasteiger partial charge on any atom is 0.213 e. The minimum Gasteiger partial charge on any atom is -0.474 e. The van der Waals surface area contributed by atoms with E-state index in [1.54, 1.807) is 0 Å². The van der Waals surface area contributed by atoms with Crippen molar-refractivity contribution in [1.82, 2.24) is 4.98 Å². The van der Waals surface area contributed by atoms with Gasteiger partial charge in [0, 0.05) is 15.8 Å². The summed E-state index contributed by atoms with van der Waals surface area (Å²) in [4.78, 5) is 4.20. The molecule has 0 unspecified atom stereocenters. The third kappa shape index (κ3) is 2.33. The smallest absolute Gasteiger partial charge is 0.213 e. The SMILES string of the molecule is CC1CC(Oc2ccc(I)cn2)C1. The summed E-state index contributed by atoms with van der Waals surface area (Å²) in [6, 6.07) is 3.95. The molecule has 3 heteroatoms. The lowest BCUT2D eigenvalue weighted by Crippen LogP contribution is -2.32. The Hall–Kier alpha value is -0.320. The standard InChI is InChI=1S/C10H12INO/c1-7-4-9(5-7)13-10-3-2-8(11)6-12-10/h2-3,6-7,9H,4-5H2,1H3. The molecule has 1 aromatic heterocycles. The summed E-state index contributed by atoms with van der Waals surface area (Å²) in [6.45, 7) is 2.25. The molecule has 0 aliphatic heterocycles. The summed E-state index contributed by atoms with van der Waals surface area (Å²) in [5.74, 6) is 1.59. The van der Waals surface area contributed by atoms with Crippen LogP contribution in [0, 0.1) is 9.49 Å². The third-order valence-corrected chi connectivity index (χ3v) is 2.96. The summed E-state index contributed by atoms with van der Waals surface area (Å²) in [7, 11) is 0. The monoisotopic (exact) mass is 289 g/mol. The van der Waals surface area contributed by atoms with Crippen molar-refractivity contribution < 1.29 is 4.74 Å². The van der Waals surface area contributed by atoms with Gasteiger partial charge in [0.15, 0.2) is 0 Å². The lowest BCUT2D eigenvalue weighted by molar-refractivity contribution is 0.0695. The van der Waals surface area contributed by atoms with Gasteiger partial charge in [0.05, 0.1) is 0 Å². The van der Waals surface area contributed by atoms with E-state index in [1.165, 1.54) is 12.8 Å². The fourth-order valence-electron chi connectivity index (χ4n) is 1.53. The average Bonchev–Trinajstić information content (AvgIpc) is 2.06. The van der Waals surface area contributed by atoms with E-state index in [2.05, 4.69) is 34.5 Å². The van der Waals surface area contributed by atoms with Crippen LogP contribution in [0.15, 0.2) is 18.3 Å². The van der Waals surface area contributed by atoms with E-state index in [1.807, 2.05) is 18.3 Å². The van der Waals surface area contributed by atoms with Gasteiger partial charge >= 0.3 is 0 Å². The first kappa shape index (κ1) is 9.24. The van der Waals surface area contributed by atoms with Gasteiger partial charge in [-0.05, 0) is 47.4 Å². The number of ether oxygens (including phenoxy) is 1. The Morgan fingerprint density at radius 3 is 2.77 bits per heavy atom. The Balaban J connectivity index is 1.91. The first-order valence-electron chi connectivity index (χ1n) is 4.52. The van der Waals surface area contributed by atoms with Crippen LogP contribution in [0.1, 0.15) is 19.8 Å². The lowest BCUT2D eigenvalue weighted by Gasteiger charge is -2.32. The molecule has 1 saturated carbocycles. The van der Waals surface area contributed by atoms with Crippen molar-refractivity contribution in [2.45, 2.75) is 25.9 Å². The predicted octanol–water partition coefficient (Wildman–Crippen LogP) is 2.86. The summed E-state index contributed by atoms with van der Waals surface area (Å²) < 4.78 is 6.81. The van der Waals surface area contributed by atoms with Gasteiger partial charge in [0.1, 0.15) is 6.10 Å². The minimum absolute atomic E-state index is 0.405. The molecule has 0 aromatic carbocycles. The van der Waals surface area contributed by atoms with Crippen molar-refractivity contribution in [2.75, 3.05) is 0 Å². The summed E-state index contributed by atoms with van der Waals surface area (Å²) in [6.07, 6.45) is 4.59. The van der Waals surface area contributed by atoms with E-state index in [0.717, 1.165) is 15.4 Å². The highest BCUT2D eigenvalue weighted by Gasteiger charge is 2.27. The van der Waals surface area contributed by atoms with Crippen molar-refractivity contribution in [3.63, 3.8) is 0 Å². The van der Waals surface area contributed by atoms with Gasteiger partial charge in [0.2, 0.25) is 5.88 Å². The van der Waals surface area contributed by atoms with E-state index in [9.17, 15) is 0 Å². The quantitative estimate of drug-likeness (QED) is 0.781. The van der Waals surface area contributed by atoms with E-state index < -0.39 is 0 Å². The number of aromatic nitrogens is 1. The Morgan fingerprint density at radius 1 is 1.46 bits per heavy atom. The molecule has 0 atom stereocenters. The highest BCUT2D eigenvalue weighted by atomic mass is 127. The van der Waals surface area contributed by atoms with Gasteiger partial charge < -0.3 is 4.74 Å². The van der Waals surface area contributed by atoms with Gasteiger partial charge in [0.25, 0.3) is 0 Å². The normalized spacial score (nSPS) is 26.6. The second kappa shape index (κ2) is 3.82. The molecule has 0 saturated heterocycles. The molecule has 1 heterocycles. The third-order valence-electron chi connectivity index (χ3n) is 2.32. The second-order valence-electron chi connectivity index (χ2n) is 3.63. The zero-order chi connectivity index (χ0) is 9.26. The minimum atomic E-state index is 0.405. The van der Waals surface area contributed by atoms with Crippen molar-refractivity contribution in [3.8, 4) is 5.88 Å². The van der Waals surface area contributed by atoms with E-state index >= 15 is 0 Å². The van der Waals surface area contributed by atoms with Crippen molar-refractivity contribution >= 4 is 22.6 Å². The molecule has 1 aromatic rings. The summed E-state index contributed by atoms with van der Waals surface area (Å²) in [5, 5.41) is 0. The van der Waals surface area contributed by atoms with Crippen LogP contribution in [0.5, 0.6) is 5.88 Å².